The Labute approximate surface area is 163 Å². The van der Waals surface area contributed by atoms with E-state index in [-0.39, 0.29) is 32.7 Å². The van der Waals surface area contributed by atoms with Crippen molar-refractivity contribution in [1.82, 2.24) is 0 Å². The molecule has 2 aliphatic rings. The van der Waals surface area contributed by atoms with Gasteiger partial charge in [-0.25, -0.2) is 12.2 Å². The first kappa shape index (κ1) is 20.4. The molecule has 2 fully saturated rings. The van der Waals surface area contributed by atoms with E-state index in [1.165, 1.54) is 63.4 Å². The first-order chi connectivity index (χ1) is 10.2. The fraction of sp³-hybridized carbons (Fsp3) is 0.714. The Bertz CT molecular complexity index is 352. The average molecular weight is 374 g/mol. The van der Waals surface area contributed by atoms with E-state index in [2.05, 4.69) is 32.2 Å². The topological polar surface area (TPSA) is 0 Å². The molecule has 0 unspecified atom stereocenters. The van der Waals surface area contributed by atoms with Gasteiger partial charge < -0.3 is 0 Å². The first-order valence-electron chi connectivity index (χ1n) is 9.06. The van der Waals surface area contributed by atoms with E-state index in [1.807, 2.05) is 6.08 Å². The minimum Gasteiger partial charge on any atom is -0.258 e. The molecule has 121 valence electrons. The Morgan fingerprint density at radius 2 is 1.55 bits per heavy atom. The van der Waals surface area contributed by atoms with Gasteiger partial charge in [0.05, 0.1) is 0 Å². The summed E-state index contributed by atoms with van der Waals surface area (Å²) < 4.78 is 0. The van der Waals surface area contributed by atoms with Crippen molar-refractivity contribution in [2.45, 2.75) is 71.1 Å². The SMILES string of the molecule is C=[C-]/C=C\C(=C)CCC1CCC(C2CCC(C)CC2)CC1.[Y]. The smallest absolute Gasteiger partial charge is 0 e. The zero-order valence-corrected chi connectivity index (χ0v) is 17.4. The van der Waals surface area contributed by atoms with Crippen LogP contribution in [0.1, 0.15) is 71.1 Å². The maximum atomic E-state index is 4.12. The van der Waals surface area contributed by atoms with E-state index in [9.17, 15) is 0 Å². The van der Waals surface area contributed by atoms with Gasteiger partial charge in [0.2, 0.25) is 0 Å². The zero-order chi connectivity index (χ0) is 15.1. The van der Waals surface area contributed by atoms with Crippen molar-refractivity contribution in [3.05, 3.63) is 37.0 Å². The second kappa shape index (κ2) is 11.0. The van der Waals surface area contributed by atoms with Crippen LogP contribution in [0.15, 0.2) is 30.9 Å². The summed E-state index contributed by atoms with van der Waals surface area (Å²) in [6.45, 7) is 10.1. The standard InChI is InChI=1S/C21H33.Y/c1-4-5-6-17(2)7-10-19-11-15-21(16-12-19)20-13-8-18(3)9-14-20;/h5-6,18-21H,1-2,7-16H2,3H3;/q-1;/b6-5-;. The van der Waals surface area contributed by atoms with Gasteiger partial charge in [-0.3, -0.25) is 6.08 Å². The van der Waals surface area contributed by atoms with E-state index in [0.29, 0.717) is 0 Å². The molecule has 0 aromatic rings. The molecule has 0 nitrogen and oxygen atoms in total. The Morgan fingerprint density at radius 3 is 2.09 bits per heavy atom. The molecular weight excluding hydrogens is 341 g/mol. The van der Waals surface area contributed by atoms with Gasteiger partial charge >= 0.3 is 0 Å². The van der Waals surface area contributed by atoms with Crippen molar-refractivity contribution in [2.24, 2.45) is 23.7 Å². The summed E-state index contributed by atoms with van der Waals surface area (Å²) in [5, 5.41) is 0. The van der Waals surface area contributed by atoms with Gasteiger partial charge in [0.1, 0.15) is 0 Å². The Balaban J connectivity index is 0.00000242. The quantitative estimate of drug-likeness (QED) is 0.368. The van der Waals surface area contributed by atoms with Crippen LogP contribution >= 0.6 is 0 Å². The van der Waals surface area contributed by atoms with E-state index in [1.54, 1.807) is 0 Å². The molecule has 2 rings (SSSR count). The van der Waals surface area contributed by atoms with Crippen molar-refractivity contribution in [3.8, 4) is 0 Å². The molecule has 2 aliphatic carbocycles. The molecule has 0 aliphatic heterocycles. The van der Waals surface area contributed by atoms with Crippen molar-refractivity contribution < 1.29 is 32.7 Å². The van der Waals surface area contributed by atoms with Gasteiger partial charge in [-0.15, -0.1) is 12.2 Å². The maximum Gasteiger partial charge on any atom is 0 e. The average Bonchev–Trinajstić information content (AvgIpc) is 2.52. The summed E-state index contributed by atoms with van der Waals surface area (Å²) in [6.07, 6.45) is 21.1. The molecule has 0 N–H and O–H groups in total. The van der Waals surface area contributed by atoms with E-state index in [4.69, 9.17) is 0 Å². The van der Waals surface area contributed by atoms with E-state index < -0.39 is 0 Å². The van der Waals surface area contributed by atoms with E-state index >= 15 is 0 Å². The Morgan fingerprint density at radius 1 is 1.00 bits per heavy atom. The summed E-state index contributed by atoms with van der Waals surface area (Å²) in [5.74, 6) is 4.04. The van der Waals surface area contributed by atoms with Crippen molar-refractivity contribution >= 4 is 0 Å². The number of rotatable bonds is 6. The van der Waals surface area contributed by atoms with E-state index in [0.717, 1.165) is 30.1 Å². The van der Waals surface area contributed by atoms with Crippen LogP contribution in [0.4, 0.5) is 0 Å². The third kappa shape index (κ3) is 6.83. The van der Waals surface area contributed by atoms with Crippen LogP contribution < -0.4 is 0 Å². The van der Waals surface area contributed by atoms with Gasteiger partial charge in [-0.1, -0.05) is 32.6 Å². The monoisotopic (exact) mass is 374 g/mol. The zero-order valence-electron chi connectivity index (χ0n) is 14.5. The first-order valence-corrected chi connectivity index (χ1v) is 9.06. The fourth-order valence-corrected chi connectivity index (χ4v) is 4.36. The molecule has 0 aromatic heterocycles. The summed E-state index contributed by atoms with van der Waals surface area (Å²) in [7, 11) is 0. The molecule has 1 radical (unpaired) electrons. The normalized spacial score (nSPS) is 32.4. The third-order valence-electron chi connectivity index (χ3n) is 5.93. The molecule has 2 saturated carbocycles. The Kier molecular flexibility index (Phi) is 10.2. The van der Waals surface area contributed by atoms with Crippen molar-refractivity contribution in [3.63, 3.8) is 0 Å². The van der Waals surface area contributed by atoms with Crippen LogP contribution in [-0.2, 0) is 32.7 Å². The molecule has 0 amide bonds. The fourth-order valence-electron chi connectivity index (χ4n) is 4.36. The molecular formula is C21H33Y-. The summed E-state index contributed by atoms with van der Waals surface area (Å²) in [5.41, 5.74) is 1.23. The van der Waals surface area contributed by atoms with Gasteiger partial charge in [0.25, 0.3) is 0 Å². The minimum absolute atomic E-state index is 0. The van der Waals surface area contributed by atoms with Gasteiger partial charge in [-0.05, 0) is 62.2 Å². The van der Waals surface area contributed by atoms with Crippen LogP contribution in [0.25, 0.3) is 0 Å². The number of hydrogen-bond acceptors (Lipinski definition) is 0. The Hall–Kier alpha value is 0.324. The van der Waals surface area contributed by atoms with Crippen LogP contribution in [-0.4, -0.2) is 0 Å². The second-order valence-corrected chi connectivity index (χ2v) is 7.54. The summed E-state index contributed by atoms with van der Waals surface area (Å²) in [4.78, 5) is 0. The molecule has 0 spiro atoms. The minimum atomic E-state index is 0. The van der Waals surface area contributed by atoms with Crippen LogP contribution in [0.2, 0.25) is 0 Å². The predicted molar refractivity (Wildman–Crippen MR) is 93.0 cm³/mol. The molecule has 0 heterocycles. The number of hydrogen-bond donors (Lipinski definition) is 0. The van der Waals surface area contributed by atoms with Crippen LogP contribution in [0, 0.1) is 29.7 Å². The van der Waals surface area contributed by atoms with Crippen LogP contribution in [0.3, 0.4) is 0 Å². The summed E-state index contributed by atoms with van der Waals surface area (Å²) in [6, 6.07) is 0. The van der Waals surface area contributed by atoms with Crippen molar-refractivity contribution in [2.75, 3.05) is 0 Å². The largest absolute Gasteiger partial charge is 0.258 e. The molecule has 0 saturated heterocycles. The second-order valence-electron chi connectivity index (χ2n) is 7.54. The van der Waals surface area contributed by atoms with Gasteiger partial charge in [0, 0.05) is 32.7 Å². The molecule has 1 heteroatoms. The maximum absolute atomic E-state index is 4.12. The van der Waals surface area contributed by atoms with Gasteiger partial charge in [0.15, 0.2) is 0 Å². The predicted octanol–water partition coefficient (Wildman–Crippen LogP) is 6.50. The van der Waals surface area contributed by atoms with Gasteiger partial charge in [-0.2, -0.15) is 6.58 Å². The molecule has 0 aromatic carbocycles. The van der Waals surface area contributed by atoms with Crippen molar-refractivity contribution in [1.29, 1.82) is 0 Å². The van der Waals surface area contributed by atoms with Crippen LogP contribution in [0.5, 0.6) is 0 Å². The molecule has 0 bridgehead atoms. The third-order valence-corrected chi connectivity index (χ3v) is 5.93. The molecule has 22 heavy (non-hydrogen) atoms. The summed E-state index contributed by atoms with van der Waals surface area (Å²) >= 11 is 0. The number of allylic oxidation sites excluding steroid dienone is 4. The molecule has 0 atom stereocenters.